The summed E-state index contributed by atoms with van der Waals surface area (Å²) in [5.74, 6) is -2.47. The van der Waals surface area contributed by atoms with Gasteiger partial charge in [0.2, 0.25) is 0 Å². The van der Waals surface area contributed by atoms with E-state index in [1.54, 1.807) is 4.57 Å². The van der Waals surface area contributed by atoms with Gasteiger partial charge in [-0.25, -0.2) is 13.8 Å². The van der Waals surface area contributed by atoms with Crippen molar-refractivity contribution in [2.75, 3.05) is 11.9 Å². The van der Waals surface area contributed by atoms with Gasteiger partial charge in [0, 0.05) is 19.2 Å². The van der Waals surface area contributed by atoms with Crippen molar-refractivity contribution in [3.05, 3.63) is 47.0 Å². The van der Waals surface area contributed by atoms with Gasteiger partial charge in [0.05, 0.1) is 11.4 Å². The van der Waals surface area contributed by atoms with E-state index in [1.807, 2.05) is 6.92 Å². The number of fused-ring (bicyclic) bond motifs is 1. The summed E-state index contributed by atoms with van der Waals surface area (Å²) in [6.45, 7) is 3.14. The fourth-order valence-corrected chi connectivity index (χ4v) is 3.13. The summed E-state index contributed by atoms with van der Waals surface area (Å²) in [6.07, 6.45) is 4.25. The minimum Gasteiger partial charge on any atom is -0.351 e. The molecule has 0 saturated carbocycles. The molecular weight excluding hydrogens is 354 g/mol. The highest BCUT2D eigenvalue weighted by Crippen LogP contribution is 2.23. The van der Waals surface area contributed by atoms with Gasteiger partial charge < -0.3 is 15.2 Å². The smallest absolute Gasteiger partial charge is 0.291 e. The number of nitrogens with one attached hydrogen (secondary N) is 2. The number of nitrogens with zero attached hydrogens (tertiary/aromatic N) is 2. The molecule has 2 N–H and O–H groups in total. The second-order valence-corrected chi connectivity index (χ2v) is 6.53. The molecule has 2 heterocycles. The van der Waals surface area contributed by atoms with Crippen LogP contribution in [0.5, 0.6) is 0 Å². The van der Waals surface area contributed by atoms with Crippen LogP contribution in [0.25, 0.3) is 0 Å². The number of benzene rings is 1. The second kappa shape index (κ2) is 8.28. The first-order chi connectivity index (χ1) is 13.0. The first kappa shape index (κ1) is 19.0. The zero-order valence-electron chi connectivity index (χ0n) is 15.1. The maximum Gasteiger partial charge on any atom is 0.291 e. The Bertz CT molecular complexity index is 864. The SMILES string of the molecule is CCCCNC(=O)c1nc(C(=O)Nc2ccc(F)cc2F)n2c1CCCC2. The summed E-state index contributed by atoms with van der Waals surface area (Å²) >= 11 is 0. The molecule has 0 aliphatic carbocycles. The topological polar surface area (TPSA) is 76.0 Å². The number of carbonyl (C=O) groups is 2. The average molecular weight is 376 g/mol. The highest BCUT2D eigenvalue weighted by atomic mass is 19.1. The highest BCUT2D eigenvalue weighted by molar-refractivity contribution is 6.03. The van der Waals surface area contributed by atoms with Crippen LogP contribution in [-0.4, -0.2) is 27.9 Å². The summed E-state index contributed by atoms with van der Waals surface area (Å²) in [5, 5.41) is 5.23. The molecule has 0 spiro atoms. The lowest BCUT2D eigenvalue weighted by Gasteiger charge is -2.17. The van der Waals surface area contributed by atoms with E-state index in [-0.39, 0.29) is 23.1 Å². The summed E-state index contributed by atoms with van der Waals surface area (Å²) < 4.78 is 28.6. The summed E-state index contributed by atoms with van der Waals surface area (Å²) in [4.78, 5) is 29.3. The number of unbranched alkanes of at least 4 members (excludes halogenated alkanes) is 1. The molecule has 0 radical (unpaired) electrons. The minimum absolute atomic E-state index is 0.0640. The van der Waals surface area contributed by atoms with E-state index in [4.69, 9.17) is 0 Å². The number of carbonyl (C=O) groups excluding carboxylic acids is 2. The normalized spacial score (nSPS) is 13.1. The number of imidazole rings is 1. The van der Waals surface area contributed by atoms with Crippen LogP contribution in [0.1, 0.15) is 59.4 Å². The number of aromatic nitrogens is 2. The Labute approximate surface area is 156 Å². The van der Waals surface area contributed by atoms with E-state index in [0.717, 1.165) is 43.5 Å². The van der Waals surface area contributed by atoms with Crippen molar-refractivity contribution in [1.82, 2.24) is 14.9 Å². The maximum atomic E-state index is 13.8. The Hall–Kier alpha value is -2.77. The van der Waals surface area contributed by atoms with Crippen LogP contribution in [-0.2, 0) is 13.0 Å². The van der Waals surface area contributed by atoms with Crippen molar-refractivity contribution in [3.8, 4) is 0 Å². The van der Waals surface area contributed by atoms with Crippen LogP contribution in [0.3, 0.4) is 0 Å². The van der Waals surface area contributed by atoms with E-state index in [0.29, 0.717) is 25.6 Å². The quantitative estimate of drug-likeness (QED) is 0.760. The van der Waals surface area contributed by atoms with Crippen molar-refractivity contribution in [1.29, 1.82) is 0 Å². The van der Waals surface area contributed by atoms with E-state index in [9.17, 15) is 18.4 Å². The first-order valence-electron chi connectivity index (χ1n) is 9.15. The second-order valence-electron chi connectivity index (χ2n) is 6.53. The van der Waals surface area contributed by atoms with Gasteiger partial charge >= 0.3 is 0 Å². The molecule has 2 aromatic rings. The van der Waals surface area contributed by atoms with E-state index >= 15 is 0 Å². The van der Waals surface area contributed by atoms with Crippen LogP contribution in [0.15, 0.2) is 18.2 Å². The van der Waals surface area contributed by atoms with Crippen LogP contribution >= 0.6 is 0 Å². The van der Waals surface area contributed by atoms with E-state index in [2.05, 4.69) is 15.6 Å². The largest absolute Gasteiger partial charge is 0.351 e. The van der Waals surface area contributed by atoms with Gasteiger partial charge in [0.15, 0.2) is 5.82 Å². The first-order valence-corrected chi connectivity index (χ1v) is 9.15. The standard InChI is InChI=1S/C19H22F2N4O2/c1-2-3-9-22-18(26)16-15-6-4-5-10-25(15)17(24-16)19(27)23-14-8-7-12(20)11-13(14)21/h7-8,11H,2-6,9-10H2,1H3,(H,22,26)(H,23,27). The van der Waals surface area contributed by atoms with Gasteiger partial charge in [-0.15, -0.1) is 0 Å². The van der Waals surface area contributed by atoms with Gasteiger partial charge in [0.1, 0.15) is 17.3 Å². The van der Waals surface area contributed by atoms with E-state index in [1.165, 1.54) is 0 Å². The van der Waals surface area contributed by atoms with Gasteiger partial charge in [-0.2, -0.15) is 0 Å². The molecule has 0 saturated heterocycles. The lowest BCUT2D eigenvalue weighted by Crippen LogP contribution is -2.26. The molecule has 0 atom stereocenters. The summed E-state index contributed by atoms with van der Waals surface area (Å²) in [6, 6.07) is 2.91. The Kier molecular flexibility index (Phi) is 5.83. The molecule has 2 amide bonds. The molecule has 3 rings (SSSR count). The van der Waals surface area contributed by atoms with Crippen molar-refractivity contribution in [3.63, 3.8) is 0 Å². The number of rotatable bonds is 6. The molecule has 8 heteroatoms. The Balaban J connectivity index is 1.86. The van der Waals surface area contributed by atoms with Gasteiger partial charge in [-0.05, 0) is 37.8 Å². The molecule has 1 aromatic carbocycles. The zero-order valence-corrected chi connectivity index (χ0v) is 15.1. The van der Waals surface area contributed by atoms with Crippen molar-refractivity contribution < 1.29 is 18.4 Å². The summed E-state index contributed by atoms with van der Waals surface area (Å²) in [5.41, 5.74) is 0.832. The molecule has 0 unspecified atom stereocenters. The van der Waals surface area contributed by atoms with Gasteiger partial charge in [-0.3, -0.25) is 9.59 Å². The van der Waals surface area contributed by atoms with E-state index < -0.39 is 17.5 Å². The zero-order chi connectivity index (χ0) is 19.4. The van der Waals surface area contributed by atoms with Gasteiger partial charge in [-0.1, -0.05) is 13.3 Å². The molecule has 27 heavy (non-hydrogen) atoms. The number of hydrogen-bond acceptors (Lipinski definition) is 3. The Morgan fingerprint density at radius 3 is 2.78 bits per heavy atom. The fraction of sp³-hybridized carbons (Fsp3) is 0.421. The third-order valence-electron chi connectivity index (χ3n) is 4.53. The number of halogens is 2. The monoisotopic (exact) mass is 376 g/mol. The molecular formula is C19H22F2N4O2. The average Bonchev–Trinajstić information content (AvgIpc) is 3.04. The van der Waals surface area contributed by atoms with Crippen LogP contribution in [0.4, 0.5) is 14.5 Å². The van der Waals surface area contributed by atoms with Crippen LogP contribution in [0, 0.1) is 11.6 Å². The predicted molar refractivity (Wildman–Crippen MR) is 96.7 cm³/mol. The number of amides is 2. The highest BCUT2D eigenvalue weighted by Gasteiger charge is 2.27. The molecule has 1 aromatic heterocycles. The van der Waals surface area contributed by atoms with Crippen LogP contribution in [0.2, 0.25) is 0 Å². The Morgan fingerprint density at radius 1 is 1.22 bits per heavy atom. The summed E-state index contributed by atoms with van der Waals surface area (Å²) in [7, 11) is 0. The van der Waals surface area contributed by atoms with Crippen molar-refractivity contribution >= 4 is 17.5 Å². The molecule has 0 fully saturated rings. The molecule has 0 bridgehead atoms. The molecule has 1 aliphatic rings. The van der Waals surface area contributed by atoms with Crippen molar-refractivity contribution in [2.45, 2.75) is 45.6 Å². The van der Waals surface area contributed by atoms with Crippen LogP contribution < -0.4 is 10.6 Å². The fourth-order valence-electron chi connectivity index (χ4n) is 3.13. The third kappa shape index (κ3) is 4.15. The molecule has 6 nitrogen and oxygen atoms in total. The number of hydrogen-bond donors (Lipinski definition) is 2. The number of anilines is 1. The maximum absolute atomic E-state index is 13.8. The van der Waals surface area contributed by atoms with Gasteiger partial charge in [0.25, 0.3) is 11.8 Å². The lowest BCUT2D eigenvalue weighted by atomic mass is 10.1. The lowest BCUT2D eigenvalue weighted by molar-refractivity contribution is 0.0947. The van der Waals surface area contributed by atoms with Crippen molar-refractivity contribution in [2.24, 2.45) is 0 Å². The third-order valence-corrected chi connectivity index (χ3v) is 4.53. The minimum atomic E-state index is -0.869. The Morgan fingerprint density at radius 2 is 2.04 bits per heavy atom. The predicted octanol–water partition coefficient (Wildman–Crippen LogP) is 3.28. The molecule has 144 valence electrons. The molecule has 1 aliphatic heterocycles.